The van der Waals surface area contributed by atoms with E-state index in [1.807, 2.05) is 37.5 Å². The molecule has 0 saturated carbocycles. The Morgan fingerprint density at radius 3 is 2.00 bits per heavy atom. The van der Waals surface area contributed by atoms with Gasteiger partial charge in [0.2, 0.25) is 0 Å². The van der Waals surface area contributed by atoms with Gasteiger partial charge in [0.1, 0.15) is 28.2 Å². The average Bonchev–Trinajstić information content (AvgIpc) is 3.78. The minimum atomic E-state index is 0.787. The monoisotopic (exact) mass is 613 g/mol. The lowest BCUT2D eigenvalue weighted by Crippen LogP contribution is -1.88. The molecule has 5 heterocycles. The van der Waals surface area contributed by atoms with Crippen LogP contribution in [0.15, 0.2) is 123 Å². The van der Waals surface area contributed by atoms with Gasteiger partial charge in [-0.3, -0.25) is 9.98 Å². The highest BCUT2D eigenvalue weighted by Crippen LogP contribution is 2.39. The number of nitrogens with zero attached hydrogens (tertiary/aromatic N) is 3. The van der Waals surface area contributed by atoms with E-state index in [1.54, 1.807) is 11.3 Å². The maximum absolute atomic E-state index is 6.28. The molecule has 0 amide bonds. The molecule has 0 aliphatic rings. The summed E-state index contributed by atoms with van der Waals surface area (Å²) in [7, 11) is 0. The van der Waals surface area contributed by atoms with Crippen LogP contribution in [-0.4, -0.2) is 16.2 Å². The molecule has 0 unspecified atom stereocenters. The summed E-state index contributed by atoms with van der Waals surface area (Å²) in [5, 5.41) is 4.35. The highest BCUT2D eigenvalue weighted by atomic mass is 32.1. The summed E-state index contributed by atoms with van der Waals surface area (Å²) in [4.78, 5) is 14.4. The molecule has 46 heavy (non-hydrogen) atoms. The topological polar surface area (TPSA) is 64.4 Å². The molecule has 4 aromatic carbocycles. The van der Waals surface area contributed by atoms with E-state index in [2.05, 4.69) is 102 Å². The third-order valence-corrected chi connectivity index (χ3v) is 9.80. The number of rotatable bonds is 5. The summed E-state index contributed by atoms with van der Waals surface area (Å²) >= 11 is 1.78. The number of aryl methyl sites for hydroxylation is 1. The number of aromatic nitrogens is 2. The molecule has 5 aromatic heterocycles. The van der Waals surface area contributed by atoms with Crippen LogP contribution in [0.1, 0.15) is 19.6 Å². The fourth-order valence-electron chi connectivity index (χ4n) is 6.45. The van der Waals surface area contributed by atoms with Crippen LogP contribution in [0.5, 0.6) is 0 Å². The van der Waals surface area contributed by atoms with E-state index < -0.39 is 0 Å². The van der Waals surface area contributed by atoms with Crippen LogP contribution < -0.4 is 0 Å². The quantitative estimate of drug-likeness (QED) is 0.181. The SMILES string of the molecule is CC=Nc1c(CC)oc2ccc(-c3cccc(-c4ccc5oc6ccc(-c7ccc8sc9cccnc9c8c7)cc6c5c4)n3)cc12. The first-order valence-electron chi connectivity index (χ1n) is 15.4. The predicted octanol–water partition coefficient (Wildman–Crippen LogP) is 11.8. The first-order chi connectivity index (χ1) is 22.7. The zero-order valence-electron chi connectivity index (χ0n) is 25.2. The lowest BCUT2D eigenvalue weighted by atomic mass is 10.0. The molecule has 220 valence electrons. The number of benzene rings is 4. The van der Waals surface area contributed by atoms with Crippen molar-refractivity contribution in [2.75, 3.05) is 0 Å². The maximum Gasteiger partial charge on any atom is 0.136 e. The first kappa shape index (κ1) is 26.8. The Balaban J connectivity index is 1.12. The third kappa shape index (κ3) is 4.25. The van der Waals surface area contributed by atoms with Crippen LogP contribution in [-0.2, 0) is 6.42 Å². The van der Waals surface area contributed by atoms with E-state index in [0.29, 0.717) is 0 Å². The van der Waals surface area contributed by atoms with Gasteiger partial charge in [0, 0.05) is 56.2 Å². The van der Waals surface area contributed by atoms with Crippen LogP contribution in [0.2, 0.25) is 0 Å². The minimum absolute atomic E-state index is 0.787. The molecule has 0 bridgehead atoms. The first-order valence-corrected chi connectivity index (χ1v) is 16.2. The summed E-state index contributed by atoms with van der Waals surface area (Å²) in [5.41, 5.74) is 10.7. The molecule has 5 nitrogen and oxygen atoms in total. The van der Waals surface area contributed by atoms with Crippen molar-refractivity contribution in [1.29, 1.82) is 0 Å². The predicted molar refractivity (Wildman–Crippen MR) is 191 cm³/mol. The number of hydrogen-bond acceptors (Lipinski definition) is 6. The number of fused-ring (bicyclic) bond motifs is 7. The van der Waals surface area contributed by atoms with Crippen LogP contribution in [0.25, 0.3) is 86.9 Å². The van der Waals surface area contributed by atoms with Crippen LogP contribution in [0.3, 0.4) is 0 Å². The molecule has 0 fully saturated rings. The molecule has 9 rings (SSSR count). The summed E-state index contributed by atoms with van der Waals surface area (Å²) in [6, 6.07) is 36.0. The zero-order valence-corrected chi connectivity index (χ0v) is 26.1. The normalized spacial score (nSPS) is 12.1. The summed E-state index contributed by atoms with van der Waals surface area (Å²) in [6.07, 6.45) is 4.47. The molecular weight excluding hydrogens is 587 g/mol. The Morgan fingerprint density at radius 2 is 1.28 bits per heavy atom. The van der Waals surface area contributed by atoms with Crippen molar-refractivity contribution in [3.8, 4) is 33.6 Å². The van der Waals surface area contributed by atoms with Crippen LogP contribution >= 0.6 is 11.3 Å². The lowest BCUT2D eigenvalue weighted by Gasteiger charge is -2.06. The Kier molecular flexibility index (Phi) is 6.11. The van der Waals surface area contributed by atoms with Crippen molar-refractivity contribution >= 4 is 76.4 Å². The smallest absolute Gasteiger partial charge is 0.136 e. The largest absolute Gasteiger partial charge is 0.459 e. The van der Waals surface area contributed by atoms with Gasteiger partial charge >= 0.3 is 0 Å². The lowest BCUT2D eigenvalue weighted by molar-refractivity contribution is 0.558. The second-order valence-corrected chi connectivity index (χ2v) is 12.5. The van der Waals surface area contributed by atoms with Crippen molar-refractivity contribution in [2.45, 2.75) is 20.3 Å². The van der Waals surface area contributed by atoms with Gasteiger partial charge in [0.05, 0.1) is 21.6 Å². The standard InChI is InChI=1S/C40H27N3O2S/c1-3-33-39(41-4-2)29-22-26(12-16-36(29)44-33)32-8-5-7-31(43-32)25-11-15-35-28(21-25)27-19-23(10-14-34(27)45-35)24-13-17-37-30(20-24)40-38(46-37)9-6-18-42-40/h4-22H,3H2,1-2H3. The van der Waals surface area contributed by atoms with Gasteiger partial charge in [-0.25, -0.2) is 4.98 Å². The number of pyridine rings is 2. The molecule has 0 spiro atoms. The molecule has 9 aromatic rings. The second-order valence-electron chi connectivity index (χ2n) is 11.4. The van der Waals surface area contributed by atoms with Gasteiger partial charge in [0.15, 0.2) is 0 Å². The van der Waals surface area contributed by atoms with E-state index in [9.17, 15) is 0 Å². The van der Waals surface area contributed by atoms with E-state index in [4.69, 9.17) is 13.8 Å². The van der Waals surface area contributed by atoms with E-state index >= 15 is 0 Å². The van der Waals surface area contributed by atoms with Crippen LogP contribution in [0.4, 0.5) is 5.69 Å². The van der Waals surface area contributed by atoms with Crippen molar-refractivity contribution in [1.82, 2.24) is 9.97 Å². The van der Waals surface area contributed by atoms with Crippen molar-refractivity contribution < 1.29 is 8.83 Å². The minimum Gasteiger partial charge on any atom is -0.459 e. The number of furan rings is 2. The molecule has 0 aliphatic carbocycles. The zero-order chi connectivity index (χ0) is 30.8. The summed E-state index contributed by atoms with van der Waals surface area (Å²) in [5.74, 6) is 0.897. The molecular formula is C40H27N3O2S. The summed E-state index contributed by atoms with van der Waals surface area (Å²) < 4.78 is 14.8. The molecule has 0 aliphatic heterocycles. The molecule has 0 atom stereocenters. The van der Waals surface area contributed by atoms with Gasteiger partial charge in [-0.1, -0.05) is 25.1 Å². The van der Waals surface area contributed by atoms with E-state index in [-0.39, 0.29) is 0 Å². The Hall–Kier alpha value is -5.59. The molecule has 0 radical (unpaired) electrons. The Bertz CT molecular complexity index is 2660. The third-order valence-electron chi connectivity index (χ3n) is 8.68. The van der Waals surface area contributed by atoms with Gasteiger partial charge in [-0.2, -0.15) is 0 Å². The number of thiophene rings is 1. The van der Waals surface area contributed by atoms with E-state index in [0.717, 1.165) is 89.9 Å². The van der Waals surface area contributed by atoms with Gasteiger partial charge in [0.25, 0.3) is 0 Å². The second kappa shape index (κ2) is 10.5. The number of hydrogen-bond donors (Lipinski definition) is 0. The van der Waals surface area contributed by atoms with Gasteiger partial charge < -0.3 is 8.83 Å². The van der Waals surface area contributed by atoms with Gasteiger partial charge in [-0.15, -0.1) is 11.3 Å². The fraction of sp³-hybridized carbons (Fsp3) is 0.0750. The number of aliphatic imine (C=N–C) groups is 1. The van der Waals surface area contributed by atoms with Gasteiger partial charge in [-0.05, 0) is 103 Å². The fourth-order valence-corrected chi connectivity index (χ4v) is 7.50. The van der Waals surface area contributed by atoms with Crippen LogP contribution in [0, 0.1) is 0 Å². The van der Waals surface area contributed by atoms with Crippen molar-refractivity contribution in [2.24, 2.45) is 4.99 Å². The summed E-state index contributed by atoms with van der Waals surface area (Å²) in [6.45, 7) is 4.01. The highest BCUT2D eigenvalue weighted by molar-refractivity contribution is 7.25. The average molecular weight is 614 g/mol. The van der Waals surface area contributed by atoms with Crippen molar-refractivity contribution in [3.63, 3.8) is 0 Å². The molecule has 0 N–H and O–H groups in total. The van der Waals surface area contributed by atoms with E-state index in [1.165, 1.54) is 14.8 Å². The molecule has 0 saturated heterocycles. The Labute approximate surface area is 268 Å². The maximum atomic E-state index is 6.28. The molecule has 6 heteroatoms. The highest BCUT2D eigenvalue weighted by Gasteiger charge is 2.15. The Morgan fingerprint density at radius 1 is 0.652 bits per heavy atom. The van der Waals surface area contributed by atoms with Crippen molar-refractivity contribution in [3.05, 3.63) is 115 Å².